The van der Waals surface area contributed by atoms with Crippen LogP contribution >= 0.6 is 0 Å². The average Bonchev–Trinajstić information content (AvgIpc) is 2.46. The van der Waals surface area contributed by atoms with Gasteiger partial charge in [0, 0.05) is 18.6 Å². The largest absolute Gasteiger partial charge is 0.508 e. The van der Waals surface area contributed by atoms with Crippen molar-refractivity contribution in [3.63, 3.8) is 0 Å². The van der Waals surface area contributed by atoms with Crippen LogP contribution in [-0.2, 0) is 9.47 Å². The molecule has 0 aromatic heterocycles. The summed E-state index contributed by atoms with van der Waals surface area (Å²) in [5.41, 5.74) is 0. The highest BCUT2D eigenvalue weighted by Crippen LogP contribution is 2.12. The number of rotatable bonds is 4. The summed E-state index contributed by atoms with van der Waals surface area (Å²) in [5, 5.41) is 0. The minimum absolute atomic E-state index is 0.104. The first-order chi connectivity index (χ1) is 6.50. The van der Waals surface area contributed by atoms with Gasteiger partial charge in [-0.3, -0.25) is 4.90 Å². The number of hydrogen-bond acceptors (Lipinski definition) is 4. The molecule has 0 spiro atoms. The van der Waals surface area contributed by atoms with E-state index in [9.17, 15) is 4.79 Å². The average molecular weight is 201 g/mol. The van der Waals surface area contributed by atoms with Crippen LogP contribution in [0.25, 0.3) is 0 Å². The predicted octanol–water partition coefficient (Wildman–Crippen LogP) is 1.64. The van der Waals surface area contributed by atoms with Crippen LogP contribution in [0.4, 0.5) is 4.79 Å². The van der Waals surface area contributed by atoms with Crippen LogP contribution in [-0.4, -0.2) is 42.4 Å². The van der Waals surface area contributed by atoms with Crippen LogP contribution < -0.4 is 0 Å². The molecule has 1 unspecified atom stereocenters. The molecule has 1 rings (SSSR count). The number of cyclic esters (lactones) is 2. The Labute approximate surface area is 85.2 Å². The summed E-state index contributed by atoms with van der Waals surface area (Å²) in [5.74, 6) is 0. The van der Waals surface area contributed by atoms with Gasteiger partial charge in [-0.2, -0.15) is 0 Å². The Morgan fingerprint density at radius 3 is 2.29 bits per heavy atom. The van der Waals surface area contributed by atoms with Gasteiger partial charge in [0.1, 0.15) is 6.61 Å². The fraction of sp³-hybridized carbons (Fsp3) is 0.900. The monoisotopic (exact) mass is 201 g/mol. The molecule has 0 aromatic carbocycles. The number of carbonyl (C=O) groups is 1. The van der Waals surface area contributed by atoms with Crippen LogP contribution in [0.2, 0.25) is 0 Å². The van der Waals surface area contributed by atoms with Crippen LogP contribution in [0.15, 0.2) is 0 Å². The van der Waals surface area contributed by atoms with E-state index in [4.69, 9.17) is 9.47 Å². The van der Waals surface area contributed by atoms with E-state index in [2.05, 4.69) is 32.6 Å². The van der Waals surface area contributed by atoms with Crippen molar-refractivity contribution in [2.45, 2.75) is 45.9 Å². The molecule has 1 aliphatic rings. The Morgan fingerprint density at radius 2 is 1.93 bits per heavy atom. The van der Waals surface area contributed by atoms with E-state index in [1.807, 2.05) is 0 Å². The van der Waals surface area contributed by atoms with Gasteiger partial charge in [-0.05, 0) is 27.7 Å². The van der Waals surface area contributed by atoms with E-state index in [0.717, 1.165) is 6.54 Å². The van der Waals surface area contributed by atoms with Gasteiger partial charge in [0.15, 0.2) is 6.10 Å². The molecule has 1 fully saturated rings. The van der Waals surface area contributed by atoms with Gasteiger partial charge in [-0.1, -0.05) is 0 Å². The minimum atomic E-state index is -0.539. The van der Waals surface area contributed by atoms with Crippen molar-refractivity contribution >= 4 is 6.16 Å². The molecule has 82 valence electrons. The van der Waals surface area contributed by atoms with Gasteiger partial charge in [-0.25, -0.2) is 4.79 Å². The Balaban J connectivity index is 2.43. The molecule has 4 heteroatoms. The van der Waals surface area contributed by atoms with Gasteiger partial charge in [-0.15, -0.1) is 0 Å². The van der Waals surface area contributed by atoms with E-state index < -0.39 is 6.16 Å². The summed E-state index contributed by atoms with van der Waals surface area (Å²) in [7, 11) is 0. The molecule has 0 radical (unpaired) electrons. The lowest BCUT2D eigenvalue weighted by molar-refractivity contribution is 0.0789. The zero-order valence-corrected chi connectivity index (χ0v) is 9.32. The number of carbonyl (C=O) groups excluding carboxylic acids is 1. The van der Waals surface area contributed by atoms with Gasteiger partial charge >= 0.3 is 6.16 Å². The van der Waals surface area contributed by atoms with Crippen LogP contribution in [0.5, 0.6) is 0 Å². The van der Waals surface area contributed by atoms with Crippen molar-refractivity contribution in [3.8, 4) is 0 Å². The summed E-state index contributed by atoms with van der Waals surface area (Å²) in [6, 6.07) is 0.906. The summed E-state index contributed by atoms with van der Waals surface area (Å²) in [6.45, 7) is 9.68. The van der Waals surface area contributed by atoms with Crippen LogP contribution in [0.3, 0.4) is 0 Å². The fourth-order valence-electron chi connectivity index (χ4n) is 1.71. The summed E-state index contributed by atoms with van der Waals surface area (Å²) >= 11 is 0. The number of hydrogen-bond donors (Lipinski definition) is 0. The van der Waals surface area contributed by atoms with E-state index >= 15 is 0 Å². The second-order valence-electron chi connectivity index (χ2n) is 4.19. The molecule has 0 aliphatic carbocycles. The molecular weight excluding hydrogens is 182 g/mol. The Hall–Kier alpha value is -0.770. The lowest BCUT2D eigenvalue weighted by atomic mass is 10.2. The highest BCUT2D eigenvalue weighted by atomic mass is 16.8. The molecule has 1 heterocycles. The summed E-state index contributed by atoms with van der Waals surface area (Å²) < 4.78 is 9.73. The van der Waals surface area contributed by atoms with Crippen LogP contribution in [0, 0.1) is 0 Å². The third-order valence-electron chi connectivity index (χ3n) is 2.39. The molecule has 1 atom stereocenters. The van der Waals surface area contributed by atoms with Crippen molar-refractivity contribution in [1.29, 1.82) is 0 Å². The predicted molar refractivity (Wildman–Crippen MR) is 53.2 cm³/mol. The SMILES string of the molecule is CC(C)N(CC1COC(=O)O1)C(C)C. The zero-order chi connectivity index (χ0) is 10.7. The molecule has 1 aliphatic heterocycles. The van der Waals surface area contributed by atoms with Gasteiger partial charge < -0.3 is 9.47 Å². The van der Waals surface area contributed by atoms with Crippen molar-refractivity contribution in [1.82, 2.24) is 4.90 Å². The van der Waals surface area contributed by atoms with Gasteiger partial charge in [0.25, 0.3) is 0 Å². The fourth-order valence-corrected chi connectivity index (χ4v) is 1.71. The highest BCUT2D eigenvalue weighted by Gasteiger charge is 2.28. The standard InChI is InChI=1S/C10H19NO3/c1-7(2)11(8(3)4)5-9-6-13-10(12)14-9/h7-9H,5-6H2,1-4H3. The van der Waals surface area contributed by atoms with Crippen LogP contribution in [0.1, 0.15) is 27.7 Å². The number of ether oxygens (including phenoxy) is 2. The van der Waals surface area contributed by atoms with Crippen molar-refractivity contribution < 1.29 is 14.3 Å². The second-order valence-corrected chi connectivity index (χ2v) is 4.19. The Kier molecular flexibility index (Phi) is 3.75. The molecule has 14 heavy (non-hydrogen) atoms. The van der Waals surface area contributed by atoms with Gasteiger partial charge in [0.2, 0.25) is 0 Å². The highest BCUT2D eigenvalue weighted by molar-refractivity contribution is 5.61. The van der Waals surface area contributed by atoms with E-state index in [-0.39, 0.29) is 6.10 Å². The molecule has 0 N–H and O–H groups in total. The summed E-state index contributed by atoms with van der Waals surface area (Å²) in [6.07, 6.45) is -0.644. The van der Waals surface area contributed by atoms with Gasteiger partial charge in [0.05, 0.1) is 0 Å². The lowest BCUT2D eigenvalue weighted by Crippen LogP contribution is -2.42. The maximum atomic E-state index is 10.7. The topological polar surface area (TPSA) is 38.8 Å². The normalized spacial score (nSPS) is 21.9. The Morgan fingerprint density at radius 1 is 1.36 bits per heavy atom. The van der Waals surface area contributed by atoms with Crippen molar-refractivity contribution in [2.75, 3.05) is 13.2 Å². The molecule has 0 aromatic rings. The third kappa shape index (κ3) is 2.87. The number of nitrogens with zero attached hydrogens (tertiary/aromatic N) is 1. The third-order valence-corrected chi connectivity index (χ3v) is 2.39. The first-order valence-corrected chi connectivity index (χ1v) is 5.10. The Bertz CT molecular complexity index is 196. The smallest absolute Gasteiger partial charge is 0.430 e. The molecule has 0 saturated carbocycles. The molecule has 0 bridgehead atoms. The first-order valence-electron chi connectivity index (χ1n) is 5.10. The lowest BCUT2D eigenvalue weighted by Gasteiger charge is -2.31. The van der Waals surface area contributed by atoms with Crippen molar-refractivity contribution in [3.05, 3.63) is 0 Å². The minimum Gasteiger partial charge on any atom is -0.430 e. The molecule has 0 amide bonds. The van der Waals surface area contributed by atoms with Crippen molar-refractivity contribution in [2.24, 2.45) is 0 Å². The van der Waals surface area contributed by atoms with E-state index in [1.165, 1.54) is 0 Å². The maximum absolute atomic E-state index is 10.7. The quantitative estimate of drug-likeness (QED) is 0.648. The molecule has 4 nitrogen and oxygen atoms in total. The first kappa shape index (κ1) is 11.3. The molecular formula is C10H19NO3. The summed E-state index contributed by atoms with van der Waals surface area (Å²) in [4.78, 5) is 13.0. The van der Waals surface area contributed by atoms with E-state index in [1.54, 1.807) is 0 Å². The van der Waals surface area contributed by atoms with E-state index in [0.29, 0.717) is 18.7 Å². The maximum Gasteiger partial charge on any atom is 0.508 e. The zero-order valence-electron chi connectivity index (χ0n) is 9.32. The molecule has 1 saturated heterocycles. The second kappa shape index (κ2) is 4.64.